The first-order valence-electron chi connectivity index (χ1n) is 9.22. The Labute approximate surface area is 165 Å². The second kappa shape index (κ2) is 9.17. The van der Waals surface area contributed by atoms with Gasteiger partial charge in [-0.3, -0.25) is 0 Å². The molecule has 0 aliphatic carbocycles. The molecule has 0 fully saturated rings. The molecule has 0 saturated carbocycles. The molecule has 0 bridgehead atoms. The van der Waals surface area contributed by atoms with Crippen LogP contribution in [0.5, 0.6) is 17.2 Å². The van der Waals surface area contributed by atoms with Gasteiger partial charge in [-0.05, 0) is 17.6 Å². The average Bonchev–Trinajstić information content (AvgIpc) is 2.77. The third kappa shape index (κ3) is 4.39. The number of carbonyl (C=O) groups is 1. The first kappa shape index (κ1) is 19.6. The molecule has 0 spiro atoms. The fourth-order valence-electron chi connectivity index (χ4n) is 3.29. The van der Waals surface area contributed by atoms with Gasteiger partial charge in [0.25, 0.3) is 0 Å². The van der Waals surface area contributed by atoms with Crippen molar-refractivity contribution in [3.05, 3.63) is 59.7 Å². The van der Waals surface area contributed by atoms with Crippen molar-refractivity contribution in [1.82, 2.24) is 10.2 Å². The third-order valence-corrected chi connectivity index (χ3v) is 4.82. The van der Waals surface area contributed by atoms with Crippen LogP contribution in [0.1, 0.15) is 17.5 Å². The topological polar surface area (TPSA) is 60.0 Å². The summed E-state index contributed by atoms with van der Waals surface area (Å²) in [6.07, 6.45) is 2.77. The zero-order chi connectivity index (χ0) is 19.9. The van der Waals surface area contributed by atoms with Gasteiger partial charge in [0.1, 0.15) is 17.2 Å². The lowest BCUT2D eigenvalue weighted by atomic mass is 9.97. The van der Waals surface area contributed by atoms with E-state index >= 15 is 0 Å². The molecule has 2 aromatic carbocycles. The van der Waals surface area contributed by atoms with Gasteiger partial charge in [-0.2, -0.15) is 0 Å². The van der Waals surface area contributed by atoms with Crippen LogP contribution in [0.25, 0.3) is 5.57 Å². The number of carbonyl (C=O) groups excluding carboxylic acids is 1. The summed E-state index contributed by atoms with van der Waals surface area (Å²) in [5, 5.41) is 2.98. The van der Waals surface area contributed by atoms with Crippen LogP contribution >= 0.6 is 0 Å². The highest BCUT2D eigenvalue weighted by Gasteiger charge is 2.22. The van der Waals surface area contributed by atoms with E-state index in [4.69, 9.17) is 14.2 Å². The molecule has 148 valence electrons. The normalized spacial score (nSPS) is 13.5. The molecule has 0 atom stereocenters. The molecule has 28 heavy (non-hydrogen) atoms. The fourth-order valence-corrected chi connectivity index (χ4v) is 3.29. The van der Waals surface area contributed by atoms with E-state index in [1.165, 1.54) is 0 Å². The molecule has 0 radical (unpaired) electrons. The summed E-state index contributed by atoms with van der Waals surface area (Å²) < 4.78 is 16.4. The second-order valence-electron chi connectivity index (χ2n) is 6.48. The summed E-state index contributed by atoms with van der Waals surface area (Å²) in [6.45, 7) is 1.69. The number of benzene rings is 2. The van der Waals surface area contributed by atoms with Crippen LogP contribution in [-0.2, 0) is 6.54 Å². The summed E-state index contributed by atoms with van der Waals surface area (Å²) in [5.41, 5.74) is 3.09. The lowest BCUT2D eigenvalue weighted by Gasteiger charge is -2.28. The van der Waals surface area contributed by atoms with E-state index in [-0.39, 0.29) is 6.03 Å². The number of nitrogens with one attached hydrogen (secondary N) is 1. The lowest BCUT2D eigenvalue weighted by Crippen LogP contribution is -2.41. The Balaban J connectivity index is 1.70. The summed E-state index contributed by atoms with van der Waals surface area (Å²) in [5.74, 6) is 2.07. The monoisotopic (exact) mass is 382 g/mol. The summed E-state index contributed by atoms with van der Waals surface area (Å²) in [4.78, 5) is 14.3. The van der Waals surface area contributed by atoms with Crippen molar-refractivity contribution < 1.29 is 19.0 Å². The third-order valence-electron chi connectivity index (χ3n) is 4.82. The van der Waals surface area contributed by atoms with Crippen LogP contribution < -0.4 is 19.5 Å². The molecule has 1 aliphatic heterocycles. The van der Waals surface area contributed by atoms with Gasteiger partial charge in [0, 0.05) is 31.8 Å². The summed E-state index contributed by atoms with van der Waals surface area (Å²) in [6, 6.07) is 13.5. The van der Waals surface area contributed by atoms with E-state index < -0.39 is 0 Å². The predicted octanol–water partition coefficient (Wildman–Crippen LogP) is 3.71. The molecule has 0 saturated heterocycles. The highest BCUT2D eigenvalue weighted by Crippen LogP contribution is 2.40. The van der Waals surface area contributed by atoms with Crippen molar-refractivity contribution in [2.45, 2.75) is 13.0 Å². The fraction of sp³-hybridized carbons (Fsp3) is 0.318. The van der Waals surface area contributed by atoms with Crippen molar-refractivity contribution in [2.75, 3.05) is 34.4 Å². The van der Waals surface area contributed by atoms with E-state index in [2.05, 4.69) is 11.4 Å². The molecular formula is C22H26N2O4. The lowest BCUT2D eigenvalue weighted by molar-refractivity contribution is 0.202. The molecule has 6 nitrogen and oxygen atoms in total. The van der Waals surface area contributed by atoms with Crippen LogP contribution in [-0.4, -0.2) is 45.3 Å². The van der Waals surface area contributed by atoms with Gasteiger partial charge in [-0.1, -0.05) is 36.4 Å². The van der Waals surface area contributed by atoms with Crippen LogP contribution in [0.4, 0.5) is 4.79 Å². The highest BCUT2D eigenvalue weighted by atomic mass is 16.5. The van der Waals surface area contributed by atoms with Gasteiger partial charge < -0.3 is 24.4 Å². The number of rotatable bonds is 6. The zero-order valence-electron chi connectivity index (χ0n) is 16.5. The Morgan fingerprint density at radius 1 is 1.04 bits per heavy atom. The van der Waals surface area contributed by atoms with Crippen molar-refractivity contribution in [1.29, 1.82) is 0 Å². The number of urea groups is 1. The molecule has 3 rings (SSSR count). The standard InChI is InChI=1S/C22H26N2O4/c1-26-18-13-19(27-2)21(20(14-18)28-3)17-9-11-24(12-10-17)22(25)23-15-16-7-5-4-6-8-16/h4-9,13-14H,10-12,15H2,1-3H3,(H,23,25). The molecular weight excluding hydrogens is 356 g/mol. The maximum absolute atomic E-state index is 12.5. The molecule has 0 unspecified atom stereocenters. The van der Waals surface area contributed by atoms with Crippen LogP contribution in [0, 0.1) is 0 Å². The average molecular weight is 382 g/mol. The Kier molecular flexibility index (Phi) is 6.42. The minimum atomic E-state index is -0.0622. The van der Waals surface area contributed by atoms with Gasteiger partial charge >= 0.3 is 6.03 Å². The highest BCUT2D eigenvalue weighted by molar-refractivity contribution is 5.80. The Hall–Kier alpha value is -3.15. The molecule has 1 heterocycles. The molecule has 0 aromatic heterocycles. The van der Waals surface area contributed by atoms with Crippen molar-refractivity contribution in [3.63, 3.8) is 0 Å². The smallest absolute Gasteiger partial charge is 0.317 e. The van der Waals surface area contributed by atoms with Gasteiger partial charge in [-0.25, -0.2) is 4.79 Å². The maximum atomic E-state index is 12.5. The zero-order valence-corrected chi connectivity index (χ0v) is 16.5. The van der Waals surface area contributed by atoms with Crippen LogP contribution in [0.15, 0.2) is 48.5 Å². The second-order valence-corrected chi connectivity index (χ2v) is 6.48. The van der Waals surface area contributed by atoms with Gasteiger partial charge in [0.15, 0.2) is 0 Å². The SMILES string of the molecule is COc1cc(OC)c(C2=CCN(C(=O)NCc3ccccc3)CC2)c(OC)c1. The maximum Gasteiger partial charge on any atom is 0.317 e. The number of nitrogens with zero attached hydrogens (tertiary/aromatic N) is 1. The van der Waals surface area contributed by atoms with Crippen molar-refractivity contribution in [3.8, 4) is 17.2 Å². The van der Waals surface area contributed by atoms with Gasteiger partial charge in [-0.15, -0.1) is 0 Å². The Morgan fingerprint density at radius 3 is 2.25 bits per heavy atom. The number of methoxy groups -OCH3 is 3. The number of hydrogen-bond acceptors (Lipinski definition) is 4. The number of ether oxygens (including phenoxy) is 3. The van der Waals surface area contributed by atoms with E-state index in [1.54, 1.807) is 26.2 Å². The predicted molar refractivity (Wildman–Crippen MR) is 109 cm³/mol. The van der Waals surface area contributed by atoms with Gasteiger partial charge in [0.05, 0.1) is 26.9 Å². The summed E-state index contributed by atoms with van der Waals surface area (Å²) in [7, 11) is 4.87. The van der Waals surface area contributed by atoms with Crippen molar-refractivity contribution in [2.24, 2.45) is 0 Å². The van der Waals surface area contributed by atoms with Crippen molar-refractivity contribution >= 4 is 11.6 Å². The minimum Gasteiger partial charge on any atom is -0.496 e. The van der Waals surface area contributed by atoms with Crippen LogP contribution in [0.2, 0.25) is 0 Å². The van der Waals surface area contributed by atoms with E-state index in [1.807, 2.05) is 42.5 Å². The Bertz CT molecular complexity index is 824. The number of amides is 2. The summed E-state index contributed by atoms with van der Waals surface area (Å²) >= 11 is 0. The minimum absolute atomic E-state index is 0.0622. The van der Waals surface area contributed by atoms with Gasteiger partial charge in [0.2, 0.25) is 0 Å². The number of hydrogen-bond donors (Lipinski definition) is 1. The quantitative estimate of drug-likeness (QED) is 0.827. The van der Waals surface area contributed by atoms with E-state index in [9.17, 15) is 4.79 Å². The first-order chi connectivity index (χ1) is 13.7. The molecule has 6 heteroatoms. The first-order valence-corrected chi connectivity index (χ1v) is 9.22. The molecule has 1 aliphatic rings. The van der Waals surface area contributed by atoms with E-state index in [0.717, 1.165) is 23.1 Å². The molecule has 1 N–H and O–H groups in total. The molecule has 2 aromatic rings. The van der Waals surface area contributed by atoms with Crippen LogP contribution in [0.3, 0.4) is 0 Å². The molecule has 2 amide bonds. The largest absolute Gasteiger partial charge is 0.496 e. The van der Waals surface area contributed by atoms with E-state index in [0.29, 0.717) is 36.9 Å². The Morgan fingerprint density at radius 2 is 1.71 bits per heavy atom.